The molecule has 0 atom stereocenters. The summed E-state index contributed by atoms with van der Waals surface area (Å²) >= 11 is 3.53. The van der Waals surface area contributed by atoms with E-state index in [-0.39, 0.29) is 5.78 Å². The number of carbonyl (C=O) groups excluding carboxylic acids is 1. The van der Waals surface area contributed by atoms with E-state index in [0.717, 1.165) is 20.9 Å². The molecule has 0 spiro atoms. The van der Waals surface area contributed by atoms with Crippen LogP contribution in [0.5, 0.6) is 0 Å². The van der Waals surface area contributed by atoms with Gasteiger partial charge in [-0.2, -0.15) is 0 Å². The predicted octanol–water partition coefficient (Wildman–Crippen LogP) is 3.45. The summed E-state index contributed by atoms with van der Waals surface area (Å²) in [5, 5.41) is 2.13. The summed E-state index contributed by atoms with van der Waals surface area (Å²) in [7, 11) is 0. The zero-order valence-corrected chi connectivity index (χ0v) is 10.7. The monoisotopic (exact) mass is 288 g/mol. The van der Waals surface area contributed by atoms with E-state index in [1.807, 2.05) is 34.9 Å². The lowest BCUT2D eigenvalue weighted by molar-refractivity contribution is 0.101. The van der Waals surface area contributed by atoms with Crippen molar-refractivity contribution in [3.05, 3.63) is 46.8 Å². The molecule has 0 saturated carbocycles. The smallest absolute Gasteiger partial charge is 0.179 e. The Hall–Kier alpha value is -1.68. The van der Waals surface area contributed by atoms with Crippen molar-refractivity contribution in [3.63, 3.8) is 0 Å². The van der Waals surface area contributed by atoms with E-state index in [9.17, 15) is 4.79 Å². The summed E-state index contributed by atoms with van der Waals surface area (Å²) in [4.78, 5) is 15.7. The number of fused-ring (bicyclic) bond motifs is 3. The second kappa shape index (κ2) is 3.67. The lowest BCUT2D eigenvalue weighted by atomic mass is 10.2. The van der Waals surface area contributed by atoms with Crippen molar-refractivity contribution in [3.8, 4) is 0 Å². The number of halogens is 1. The number of pyridine rings is 1. The van der Waals surface area contributed by atoms with Crippen LogP contribution in [0, 0.1) is 0 Å². The maximum Gasteiger partial charge on any atom is 0.179 e. The van der Waals surface area contributed by atoms with Crippen molar-refractivity contribution < 1.29 is 4.79 Å². The topological polar surface area (TPSA) is 34.4 Å². The van der Waals surface area contributed by atoms with E-state index in [1.165, 1.54) is 6.92 Å². The lowest BCUT2D eigenvalue weighted by Crippen LogP contribution is -1.90. The fraction of sp³-hybridized carbons (Fsp3) is 0.0769. The lowest BCUT2D eigenvalue weighted by Gasteiger charge is -2.02. The predicted molar refractivity (Wildman–Crippen MR) is 70.4 cm³/mol. The Morgan fingerprint density at radius 1 is 1.35 bits per heavy atom. The average molecular weight is 289 g/mol. The third-order valence-electron chi connectivity index (χ3n) is 2.78. The number of rotatable bonds is 1. The molecule has 1 aromatic carbocycles. The summed E-state index contributed by atoms with van der Waals surface area (Å²) in [6.07, 6.45) is 3.68. The first-order valence-corrected chi connectivity index (χ1v) is 6.03. The zero-order chi connectivity index (χ0) is 12.0. The first-order valence-electron chi connectivity index (χ1n) is 5.24. The number of nitrogens with zero attached hydrogens (tertiary/aromatic N) is 2. The van der Waals surface area contributed by atoms with Crippen molar-refractivity contribution in [1.29, 1.82) is 0 Å². The molecule has 17 heavy (non-hydrogen) atoms. The van der Waals surface area contributed by atoms with Crippen LogP contribution in [0.25, 0.3) is 16.4 Å². The maximum absolute atomic E-state index is 11.3. The standard InChI is InChI=1S/C13H9BrN2O/c1-8(17)11-7-16-6-5-9-3-2-4-10(14)12(9)13(16)15-11/h2-7H,1H3. The Morgan fingerprint density at radius 3 is 2.94 bits per heavy atom. The second-order valence-electron chi connectivity index (χ2n) is 3.93. The van der Waals surface area contributed by atoms with Crippen LogP contribution < -0.4 is 0 Å². The minimum atomic E-state index is -0.0195. The molecule has 0 amide bonds. The summed E-state index contributed by atoms with van der Waals surface area (Å²) in [5.41, 5.74) is 1.30. The van der Waals surface area contributed by atoms with Crippen LogP contribution in [0.4, 0.5) is 0 Å². The molecule has 0 aliphatic heterocycles. The van der Waals surface area contributed by atoms with E-state index in [4.69, 9.17) is 0 Å². The molecule has 2 aromatic heterocycles. The Balaban J connectivity index is 2.50. The molecule has 84 valence electrons. The van der Waals surface area contributed by atoms with Crippen LogP contribution in [0.3, 0.4) is 0 Å². The molecule has 2 heterocycles. The van der Waals surface area contributed by atoms with Gasteiger partial charge >= 0.3 is 0 Å². The highest BCUT2D eigenvalue weighted by Crippen LogP contribution is 2.27. The first kappa shape index (κ1) is 10.5. The first-order chi connectivity index (χ1) is 8.16. The van der Waals surface area contributed by atoms with Crippen LogP contribution in [0.15, 0.2) is 41.1 Å². The molecule has 3 rings (SSSR count). The largest absolute Gasteiger partial charge is 0.306 e. The van der Waals surface area contributed by atoms with E-state index in [1.54, 1.807) is 6.20 Å². The van der Waals surface area contributed by atoms with Crippen LogP contribution in [0.2, 0.25) is 0 Å². The van der Waals surface area contributed by atoms with E-state index < -0.39 is 0 Å². The Morgan fingerprint density at radius 2 is 2.18 bits per heavy atom. The number of aromatic nitrogens is 2. The number of imidazole rings is 1. The number of benzene rings is 1. The average Bonchev–Trinajstić information content (AvgIpc) is 2.73. The normalized spacial score (nSPS) is 11.2. The molecule has 0 fully saturated rings. The van der Waals surface area contributed by atoms with Crippen molar-refractivity contribution in [2.45, 2.75) is 6.92 Å². The van der Waals surface area contributed by atoms with Gasteiger partial charge in [0.15, 0.2) is 5.78 Å². The SMILES string of the molecule is CC(=O)c1cn2ccc3cccc(Br)c3c2n1. The van der Waals surface area contributed by atoms with Crippen LogP contribution in [-0.4, -0.2) is 15.2 Å². The van der Waals surface area contributed by atoms with Crippen LogP contribution >= 0.6 is 15.9 Å². The summed E-state index contributed by atoms with van der Waals surface area (Å²) < 4.78 is 2.87. The molecule has 3 nitrogen and oxygen atoms in total. The van der Waals surface area contributed by atoms with Gasteiger partial charge in [-0.05, 0) is 17.5 Å². The molecule has 0 N–H and O–H groups in total. The highest BCUT2D eigenvalue weighted by molar-refractivity contribution is 9.10. The van der Waals surface area contributed by atoms with E-state index >= 15 is 0 Å². The Bertz CT molecular complexity index is 746. The fourth-order valence-electron chi connectivity index (χ4n) is 1.94. The molecule has 0 aliphatic carbocycles. The molecule has 3 aromatic rings. The molecule has 0 aliphatic rings. The quantitative estimate of drug-likeness (QED) is 0.643. The zero-order valence-electron chi connectivity index (χ0n) is 9.14. The molecule has 4 heteroatoms. The molecular formula is C13H9BrN2O. The van der Waals surface area contributed by atoms with Gasteiger partial charge in [-0.1, -0.05) is 28.1 Å². The van der Waals surface area contributed by atoms with Gasteiger partial charge in [0, 0.05) is 29.2 Å². The van der Waals surface area contributed by atoms with Gasteiger partial charge in [0.25, 0.3) is 0 Å². The van der Waals surface area contributed by atoms with Gasteiger partial charge in [-0.3, -0.25) is 4.79 Å². The van der Waals surface area contributed by atoms with Gasteiger partial charge in [0.2, 0.25) is 0 Å². The molecule has 0 unspecified atom stereocenters. The van der Waals surface area contributed by atoms with Crippen molar-refractivity contribution in [2.24, 2.45) is 0 Å². The Kier molecular flexibility index (Phi) is 2.26. The Labute approximate surface area is 106 Å². The molecular weight excluding hydrogens is 280 g/mol. The van der Waals surface area contributed by atoms with Gasteiger partial charge in [-0.15, -0.1) is 0 Å². The van der Waals surface area contributed by atoms with Gasteiger partial charge in [0.1, 0.15) is 11.3 Å². The van der Waals surface area contributed by atoms with E-state index in [0.29, 0.717) is 5.69 Å². The molecule has 0 bridgehead atoms. The minimum absolute atomic E-state index is 0.0195. The molecule has 0 radical (unpaired) electrons. The number of Topliss-reactive ketones (excluding diaryl/α,β-unsaturated/α-hetero) is 1. The third kappa shape index (κ3) is 1.56. The maximum atomic E-state index is 11.3. The van der Waals surface area contributed by atoms with Crippen LogP contribution in [0.1, 0.15) is 17.4 Å². The van der Waals surface area contributed by atoms with Gasteiger partial charge < -0.3 is 4.40 Å². The van der Waals surface area contributed by atoms with Gasteiger partial charge in [-0.25, -0.2) is 4.98 Å². The number of hydrogen-bond donors (Lipinski definition) is 0. The van der Waals surface area contributed by atoms with Gasteiger partial charge in [0.05, 0.1) is 0 Å². The van der Waals surface area contributed by atoms with Crippen molar-refractivity contribution >= 4 is 38.1 Å². The summed E-state index contributed by atoms with van der Waals surface area (Å²) in [6.45, 7) is 1.53. The van der Waals surface area contributed by atoms with Crippen molar-refractivity contribution in [2.75, 3.05) is 0 Å². The summed E-state index contributed by atoms with van der Waals surface area (Å²) in [6, 6.07) is 8.00. The fourth-order valence-corrected chi connectivity index (χ4v) is 2.50. The van der Waals surface area contributed by atoms with Crippen molar-refractivity contribution in [1.82, 2.24) is 9.38 Å². The molecule has 0 saturated heterocycles. The second-order valence-corrected chi connectivity index (χ2v) is 4.79. The highest BCUT2D eigenvalue weighted by Gasteiger charge is 2.10. The summed E-state index contributed by atoms with van der Waals surface area (Å²) in [5.74, 6) is -0.0195. The minimum Gasteiger partial charge on any atom is -0.306 e. The van der Waals surface area contributed by atoms with E-state index in [2.05, 4.69) is 20.9 Å². The number of ketones is 1. The third-order valence-corrected chi connectivity index (χ3v) is 3.44. The highest BCUT2D eigenvalue weighted by atomic mass is 79.9. The number of hydrogen-bond acceptors (Lipinski definition) is 2. The van der Waals surface area contributed by atoms with Crippen LogP contribution in [-0.2, 0) is 0 Å². The number of carbonyl (C=O) groups is 1.